The molecule has 1 aliphatic carbocycles. The van der Waals surface area contributed by atoms with Crippen molar-refractivity contribution in [2.75, 3.05) is 0 Å². The lowest BCUT2D eigenvalue weighted by Gasteiger charge is -2.41. The van der Waals surface area contributed by atoms with E-state index in [-0.39, 0.29) is 6.04 Å². The SMILES string of the molecule is Cc1cccc(C(NN)C2(C)CCCCC2)c1C. The van der Waals surface area contributed by atoms with E-state index in [2.05, 4.69) is 44.4 Å². The van der Waals surface area contributed by atoms with Crippen molar-refractivity contribution >= 4 is 0 Å². The standard InChI is InChI=1S/C16H26N2/c1-12-8-7-9-14(13(12)2)15(18-17)16(3)10-5-4-6-11-16/h7-9,15,18H,4-6,10-11,17H2,1-3H3. The number of hydrogen-bond acceptors (Lipinski definition) is 2. The zero-order chi connectivity index (χ0) is 13.2. The number of aryl methyl sites for hydroxylation is 1. The molecule has 0 heterocycles. The Bertz CT molecular complexity index is 406. The van der Waals surface area contributed by atoms with Crippen molar-refractivity contribution in [2.45, 2.75) is 58.9 Å². The zero-order valence-corrected chi connectivity index (χ0v) is 11.9. The van der Waals surface area contributed by atoms with Crippen LogP contribution in [0.15, 0.2) is 18.2 Å². The second-order valence-corrected chi connectivity index (χ2v) is 6.10. The van der Waals surface area contributed by atoms with Crippen LogP contribution in [-0.4, -0.2) is 0 Å². The van der Waals surface area contributed by atoms with Gasteiger partial charge in [0.1, 0.15) is 0 Å². The first-order chi connectivity index (χ1) is 8.58. The Morgan fingerprint density at radius 1 is 1.17 bits per heavy atom. The monoisotopic (exact) mass is 246 g/mol. The quantitative estimate of drug-likeness (QED) is 0.629. The third-order valence-corrected chi connectivity index (χ3v) is 4.82. The van der Waals surface area contributed by atoms with Crippen LogP contribution in [0.2, 0.25) is 0 Å². The van der Waals surface area contributed by atoms with Crippen molar-refractivity contribution in [3.05, 3.63) is 34.9 Å². The Labute approximate surface area is 111 Å². The van der Waals surface area contributed by atoms with Crippen LogP contribution in [0.1, 0.15) is 61.8 Å². The van der Waals surface area contributed by atoms with Crippen LogP contribution in [0.25, 0.3) is 0 Å². The minimum atomic E-state index is 0.276. The smallest absolute Gasteiger partial charge is 0.0516 e. The summed E-state index contributed by atoms with van der Waals surface area (Å²) in [6, 6.07) is 6.83. The molecular weight excluding hydrogens is 220 g/mol. The van der Waals surface area contributed by atoms with E-state index >= 15 is 0 Å². The minimum Gasteiger partial charge on any atom is -0.271 e. The molecule has 1 aliphatic rings. The van der Waals surface area contributed by atoms with Crippen LogP contribution >= 0.6 is 0 Å². The van der Waals surface area contributed by atoms with Crippen molar-refractivity contribution in [1.82, 2.24) is 5.43 Å². The number of hydrogen-bond donors (Lipinski definition) is 2. The predicted molar refractivity (Wildman–Crippen MR) is 77.2 cm³/mol. The summed E-state index contributed by atoms with van der Waals surface area (Å²) in [6.07, 6.45) is 6.59. The van der Waals surface area contributed by atoms with Crippen LogP contribution < -0.4 is 11.3 Å². The Kier molecular flexibility index (Phi) is 4.08. The van der Waals surface area contributed by atoms with Gasteiger partial charge in [0.2, 0.25) is 0 Å². The molecule has 1 aromatic rings. The highest BCUT2D eigenvalue weighted by atomic mass is 15.2. The summed E-state index contributed by atoms with van der Waals surface area (Å²) in [5.41, 5.74) is 7.51. The largest absolute Gasteiger partial charge is 0.271 e. The molecule has 100 valence electrons. The van der Waals surface area contributed by atoms with E-state index in [1.165, 1.54) is 48.8 Å². The van der Waals surface area contributed by atoms with Gasteiger partial charge in [-0.2, -0.15) is 0 Å². The van der Waals surface area contributed by atoms with Gasteiger partial charge in [0, 0.05) is 0 Å². The number of nitrogens with two attached hydrogens (primary N) is 1. The first-order valence-electron chi connectivity index (χ1n) is 7.11. The Hall–Kier alpha value is -0.860. The highest BCUT2D eigenvalue weighted by Gasteiger charge is 2.36. The summed E-state index contributed by atoms with van der Waals surface area (Å²) in [4.78, 5) is 0. The van der Waals surface area contributed by atoms with Crippen molar-refractivity contribution < 1.29 is 0 Å². The van der Waals surface area contributed by atoms with Crippen molar-refractivity contribution in [2.24, 2.45) is 11.3 Å². The average molecular weight is 246 g/mol. The van der Waals surface area contributed by atoms with Gasteiger partial charge < -0.3 is 0 Å². The third kappa shape index (κ3) is 2.45. The topological polar surface area (TPSA) is 38.0 Å². The third-order valence-electron chi connectivity index (χ3n) is 4.82. The maximum absolute atomic E-state index is 5.89. The zero-order valence-electron chi connectivity index (χ0n) is 11.9. The molecular formula is C16H26N2. The number of benzene rings is 1. The number of rotatable bonds is 3. The summed E-state index contributed by atoms with van der Waals surface area (Å²) in [5.74, 6) is 5.89. The second kappa shape index (κ2) is 5.41. The van der Waals surface area contributed by atoms with Gasteiger partial charge in [-0.05, 0) is 48.8 Å². The fraction of sp³-hybridized carbons (Fsp3) is 0.625. The van der Waals surface area contributed by atoms with E-state index < -0.39 is 0 Å². The molecule has 1 saturated carbocycles. The average Bonchev–Trinajstić information content (AvgIpc) is 2.36. The number of hydrazine groups is 1. The van der Waals surface area contributed by atoms with Crippen molar-refractivity contribution in [1.29, 1.82) is 0 Å². The molecule has 1 atom stereocenters. The first-order valence-corrected chi connectivity index (χ1v) is 7.11. The Morgan fingerprint density at radius 2 is 1.83 bits per heavy atom. The normalized spacial score (nSPS) is 20.7. The van der Waals surface area contributed by atoms with E-state index in [1.807, 2.05) is 0 Å². The summed E-state index contributed by atoms with van der Waals surface area (Å²) >= 11 is 0. The summed E-state index contributed by atoms with van der Waals surface area (Å²) in [5, 5.41) is 0. The van der Waals surface area contributed by atoms with Gasteiger partial charge in [0.15, 0.2) is 0 Å². The van der Waals surface area contributed by atoms with Gasteiger partial charge in [-0.15, -0.1) is 0 Å². The van der Waals surface area contributed by atoms with Crippen molar-refractivity contribution in [3.63, 3.8) is 0 Å². The van der Waals surface area contributed by atoms with Crippen LogP contribution in [0.4, 0.5) is 0 Å². The second-order valence-electron chi connectivity index (χ2n) is 6.10. The molecule has 1 fully saturated rings. The molecule has 2 nitrogen and oxygen atoms in total. The molecule has 18 heavy (non-hydrogen) atoms. The molecule has 0 aromatic heterocycles. The van der Waals surface area contributed by atoms with E-state index in [1.54, 1.807) is 0 Å². The maximum Gasteiger partial charge on any atom is 0.0516 e. The van der Waals surface area contributed by atoms with Crippen LogP contribution in [0.5, 0.6) is 0 Å². The molecule has 3 N–H and O–H groups in total. The maximum atomic E-state index is 5.89. The van der Waals surface area contributed by atoms with Gasteiger partial charge in [-0.25, -0.2) is 0 Å². The molecule has 1 unspecified atom stereocenters. The summed E-state index contributed by atoms with van der Waals surface area (Å²) < 4.78 is 0. The molecule has 0 amide bonds. The van der Waals surface area contributed by atoms with Gasteiger partial charge in [0.25, 0.3) is 0 Å². The van der Waals surface area contributed by atoms with E-state index in [9.17, 15) is 0 Å². The van der Waals surface area contributed by atoms with E-state index in [0.29, 0.717) is 5.41 Å². The van der Waals surface area contributed by atoms with Gasteiger partial charge in [0.05, 0.1) is 6.04 Å². The van der Waals surface area contributed by atoms with Gasteiger partial charge in [-0.1, -0.05) is 44.4 Å². The molecule has 0 bridgehead atoms. The summed E-state index contributed by atoms with van der Waals surface area (Å²) in [7, 11) is 0. The molecule has 2 heteroatoms. The predicted octanol–water partition coefficient (Wildman–Crippen LogP) is 3.78. The van der Waals surface area contributed by atoms with Crippen LogP contribution in [-0.2, 0) is 0 Å². The first kappa shape index (κ1) is 13.6. The minimum absolute atomic E-state index is 0.276. The molecule has 0 radical (unpaired) electrons. The lowest BCUT2D eigenvalue weighted by Crippen LogP contribution is -2.41. The lowest BCUT2D eigenvalue weighted by atomic mass is 9.68. The highest BCUT2D eigenvalue weighted by Crippen LogP contribution is 2.46. The van der Waals surface area contributed by atoms with E-state index in [0.717, 1.165) is 0 Å². The number of nitrogens with one attached hydrogen (secondary N) is 1. The fourth-order valence-corrected chi connectivity index (χ4v) is 3.40. The van der Waals surface area contributed by atoms with Crippen LogP contribution in [0.3, 0.4) is 0 Å². The van der Waals surface area contributed by atoms with Crippen molar-refractivity contribution in [3.8, 4) is 0 Å². The fourth-order valence-electron chi connectivity index (χ4n) is 3.40. The molecule has 0 aliphatic heterocycles. The Morgan fingerprint density at radius 3 is 2.44 bits per heavy atom. The lowest BCUT2D eigenvalue weighted by molar-refractivity contribution is 0.144. The molecule has 0 saturated heterocycles. The van der Waals surface area contributed by atoms with Gasteiger partial charge >= 0.3 is 0 Å². The molecule has 0 spiro atoms. The molecule has 2 rings (SSSR count). The Balaban J connectivity index is 2.35. The van der Waals surface area contributed by atoms with Gasteiger partial charge in [-0.3, -0.25) is 11.3 Å². The van der Waals surface area contributed by atoms with Crippen LogP contribution in [0, 0.1) is 19.3 Å². The van der Waals surface area contributed by atoms with E-state index in [4.69, 9.17) is 5.84 Å². The molecule has 1 aromatic carbocycles. The highest BCUT2D eigenvalue weighted by molar-refractivity contribution is 5.36. The summed E-state index contributed by atoms with van der Waals surface area (Å²) in [6.45, 7) is 6.77.